The van der Waals surface area contributed by atoms with Gasteiger partial charge in [-0.1, -0.05) is 35.9 Å². The molecule has 1 aromatic heterocycles. The molecule has 1 aliphatic rings. The van der Waals surface area contributed by atoms with E-state index >= 15 is 0 Å². The maximum absolute atomic E-state index is 13.3. The van der Waals surface area contributed by atoms with Crippen LogP contribution in [-0.2, 0) is 6.18 Å². The van der Waals surface area contributed by atoms with Gasteiger partial charge in [0.05, 0.1) is 33.3 Å². The summed E-state index contributed by atoms with van der Waals surface area (Å²) in [5.74, 6) is 0. The van der Waals surface area contributed by atoms with E-state index in [1.54, 1.807) is 24.3 Å². The summed E-state index contributed by atoms with van der Waals surface area (Å²) in [5.41, 5.74) is 9.19. The number of nitrogens with one attached hydrogen (secondary N) is 1. The van der Waals surface area contributed by atoms with Gasteiger partial charge in [-0.15, -0.1) is 0 Å². The lowest BCUT2D eigenvalue weighted by molar-refractivity contribution is -0.137. The lowest BCUT2D eigenvalue weighted by Gasteiger charge is -2.34. The van der Waals surface area contributed by atoms with Crippen molar-refractivity contribution in [3.63, 3.8) is 0 Å². The number of benzene rings is 3. The van der Waals surface area contributed by atoms with Gasteiger partial charge in [-0.25, -0.2) is 4.79 Å². The first-order chi connectivity index (χ1) is 18.6. The molecule has 4 aromatic rings. The number of carbonyl (C=O) groups is 1. The molecule has 2 amide bonds. The highest BCUT2D eigenvalue weighted by molar-refractivity contribution is 6.31. The van der Waals surface area contributed by atoms with Gasteiger partial charge in [0, 0.05) is 37.4 Å². The zero-order chi connectivity index (χ0) is 27.7. The molecule has 7 nitrogen and oxygen atoms in total. The first kappa shape index (κ1) is 26.6. The largest absolute Gasteiger partial charge is 0.417 e. The number of nitrogens with two attached hydrogens (primary N) is 1. The first-order valence-electron chi connectivity index (χ1n) is 12.3. The Bertz CT molecular complexity index is 1460. The fourth-order valence-corrected chi connectivity index (χ4v) is 4.81. The van der Waals surface area contributed by atoms with Crippen molar-refractivity contribution in [2.45, 2.75) is 6.18 Å². The molecule has 3 aromatic carbocycles. The number of H-pyrrole nitrogens is 1. The number of halogens is 4. The smallest absolute Gasteiger partial charge is 0.369 e. The number of aromatic amines is 1. The van der Waals surface area contributed by atoms with Crippen molar-refractivity contribution in [2.75, 3.05) is 43.0 Å². The number of anilines is 3. The maximum atomic E-state index is 13.3. The van der Waals surface area contributed by atoms with Gasteiger partial charge in [-0.3, -0.25) is 10.00 Å². The molecule has 11 heteroatoms. The molecule has 2 heterocycles. The molecule has 0 unspecified atom stereocenters. The molecule has 5 rings (SSSR count). The lowest BCUT2D eigenvalue weighted by atomic mass is 10.1. The highest BCUT2D eigenvalue weighted by Crippen LogP contribution is 2.38. The number of hydrogen-bond donors (Lipinski definition) is 2. The normalized spacial score (nSPS) is 14.4. The second kappa shape index (κ2) is 10.6. The number of hydrogen-bond acceptors (Lipinski definition) is 4. The third kappa shape index (κ3) is 5.71. The molecule has 1 saturated heterocycles. The number of aromatic nitrogens is 2. The van der Waals surface area contributed by atoms with Crippen molar-refractivity contribution in [1.29, 1.82) is 0 Å². The predicted octanol–water partition coefficient (Wildman–Crippen LogP) is 6.38. The van der Waals surface area contributed by atoms with E-state index in [1.165, 1.54) is 11.8 Å². The number of alkyl halides is 3. The molecule has 0 saturated carbocycles. The Morgan fingerprint density at radius 3 is 2.15 bits per heavy atom. The Morgan fingerprint density at radius 1 is 0.923 bits per heavy atom. The molecular weight excluding hydrogens is 529 g/mol. The van der Waals surface area contributed by atoms with Gasteiger partial charge in [-0.05, 0) is 61.1 Å². The fourth-order valence-electron chi connectivity index (χ4n) is 4.59. The van der Waals surface area contributed by atoms with Gasteiger partial charge in [0.2, 0.25) is 0 Å². The molecule has 1 fully saturated rings. The number of rotatable bonds is 5. The summed E-state index contributed by atoms with van der Waals surface area (Å²) in [4.78, 5) is 17.9. The molecule has 0 aliphatic carbocycles. The van der Waals surface area contributed by atoms with E-state index in [2.05, 4.69) is 39.2 Å². The minimum absolute atomic E-state index is 0.0455. The van der Waals surface area contributed by atoms with Crippen LogP contribution in [-0.4, -0.2) is 54.4 Å². The molecule has 3 N–H and O–H groups in total. The van der Waals surface area contributed by atoms with Gasteiger partial charge in [-0.2, -0.15) is 18.3 Å². The van der Waals surface area contributed by atoms with Crippen LogP contribution in [0.25, 0.3) is 22.5 Å². The second-order valence-corrected chi connectivity index (χ2v) is 9.79. The predicted molar refractivity (Wildman–Crippen MR) is 147 cm³/mol. The molecule has 0 spiro atoms. The summed E-state index contributed by atoms with van der Waals surface area (Å²) in [6.45, 7) is 4.06. The van der Waals surface area contributed by atoms with Crippen molar-refractivity contribution < 1.29 is 18.0 Å². The Balaban J connectivity index is 1.35. The summed E-state index contributed by atoms with van der Waals surface area (Å²) in [5, 5.41) is 7.00. The summed E-state index contributed by atoms with van der Waals surface area (Å²) < 4.78 is 40.0. The van der Waals surface area contributed by atoms with E-state index in [9.17, 15) is 18.0 Å². The molecule has 0 bridgehead atoms. The summed E-state index contributed by atoms with van der Waals surface area (Å²) >= 11 is 5.73. The molecule has 1 aliphatic heterocycles. The van der Waals surface area contributed by atoms with E-state index in [0.717, 1.165) is 65.7 Å². The molecule has 0 atom stereocenters. The quantitative estimate of drug-likeness (QED) is 0.300. The number of urea groups is 1. The van der Waals surface area contributed by atoms with Crippen LogP contribution >= 0.6 is 11.6 Å². The minimum Gasteiger partial charge on any atom is -0.369 e. The highest BCUT2D eigenvalue weighted by Gasteiger charge is 2.34. The average molecular weight is 555 g/mol. The zero-order valence-electron chi connectivity index (χ0n) is 21.0. The number of amides is 2. The fraction of sp³-hybridized carbons (Fsp3) is 0.214. The van der Waals surface area contributed by atoms with Crippen LogP contribution in [0.2, 0.25) is 5.02 Å². The Kier molecular flexibility index (Phi) is 7.24. The van der Waals surface area contributed by atoms with E-state index in [1.807, 2.05) is 18.2 Å². The van der Waals surface area contributed by atoms with E-state index in [4.69, 9.17) is 17.3 Å². The van der Waals surface area contributed by atoms with E-state index < -0.39 is 22.8 Å². The van der Waals surface area contributed by atoms with Crippen LogP contribution in [0, 0.1) is 0 Å². The average Bonchev–Trinajstić information content (AvgIpc) is 3.40. The number of nitrogens with zero attached hydrogens (tertiary/aromatic N) is 4. The number of primary amides is 1. The van der Waals surface area contributed by atoms with Crippen molar-refractivity contribution in [3.05, 3.63) is 83.4 Å². The molecular formula is C28H26ClF3N6O. The van der Waals surface area contributed by atoms with Crippen LogP contribution in [0.1, 0.15) is 5.56 Å². The van der Waals surface area contributed by atoms with Gasteiger partial charge < -0.3 is 15.5 Å². The van der Waals surface area contributed by atoms with Gasteiger partial charge in [0.1, 0.15) is 0 Å². The Labute approximate surface area is 228 Å². The number of likely N-dealkylation sites (N-methyl/N-ethyl adjacent to an activating group) is 1. The Morgan fingerprint density at radius 2 is 1.54 bits per heavy atom. The first-order valence-corrected chi connectivity index (χ1v) is 12.6. The molecule has 39 heavy (non-hydrogen) atoms. The second-order valence-electron chi connectivity index (χ2n) is 9.39. The van der Waals surface area contributed by atoms with Crippen molar-refractivity contribution in [2.24, 2.45) is 5.73 Å². The maximum Gasteiger partial charge on any atom is 0.417 e. The number of carbonyl (C=O) groups excluding carboxylic acids is 1. The SMILES string of the molecule is CN1CCN(c2ccc(-c3cc(-c4ccc(N(C(N)=O)c5ccc(Cl)c(C(F)(F)F)c5)cc4)[nH]n3)cc2)CC1. The topological polar surface area (TPSA) is 81.5 Å². The summed E-state index contributed by atoms with van der Waals surface area (Å²) in [6, 6.07) is 19.2. The molecule has 0 radical (unpaired) electrons. The zero-order valence-corrected chi connectivity index (χ0v) is 21.8. The van der Waals surface area contributed by atoms with Crippen molar-refractivity contribution >= 4 is 34.7 Å². The highest BCUT2D eigenvalue weighted by atomic mass is 35.5. The van der Waals surface area contributed by atoms with Gasteiger partial charge in [0.25, 0.3) is 0 Å². The Hall–Kier alpha value is -4.02. The third-order valence-corrected chi connectivity index (χ3v) is 7.11. The van der Waals surface area contributed by atoms with Crippen molar-refractivity contribution in [1.82, 2.24) is 15.1 Å². The van der Waals surface area contributed by atoms with Crippen LogP contribution in [0.4, 0.5) is 35.0 Å². The lowest BCUT2D eigenvalue weighted by Crippen LogP contribution is -2.44. The number of piperazine rings is 1. The summed E-state index contributed by atoms with van der Waals surface area (Å²) in [6.07, 6.45) is -4.68. The van der Waals surface area contributed by atoms with Gasteiger partial charge in [0.15, 0.2) is 0 Å². The minimum atomic E-state index is -4.68. The molecule has 202 valence electrons. The van der Waals surface area contributed by atoms with Crippen LogP contribution in [0.15, 0.2) is 72.8 Å². The summed E-state index contributed by atoms with van der Waals surface area (Å²) in [7, 11) is 2.13. The monoisotopic (exact) mass is 554 g/mol. The van der Waals surface area contributed by atoms with E-state index in [0.29, 0.717) is 5.69 Å². The van der Waals surface area contributed by atoms with Crippen LogP contribution in [0.5, 0.6) is 0 Å². The van der Waals surface area contributed by atoms with Crippen LogP contribution in [0.3, 0.4) is 0 Å². The third-order valence-electron chi connectivity index (χ3n) is 6.78. The van der Waals surface area contributed by atoms with Crippen LogP contribution < -0.4 is 15.5 Å². The van der Waals surface area contributed by atoms with E-state index in [-0.39, 0.29) is 5.69 Å². The standard InChI is InChI=1S/C28H26ClF3N6O/c1-36-12-14-37(15-13-36)20-6-2-18(3-7-20)25-17-26(35-34-25)19-4-8-21(9-5-19)38(27(33)39)22-10-11-24(29)23(16-22)28(30,31)32/h2-11,16-17H,12-15H2,1H3,(H2,33,39)(H,34,35). The van der Waals surface area contributed by atoms with Crippen molar-refractivity contribution in [3.8, 4) is 22.5 Å². The van der Waals surface area contributed by atoms with Gasteiger partial charge >= 0.3 is 12.2 Å².